The van der Waals surface area contributed by atoms with Gasteiger partial charge in [0.05, 0.1) is 0 Å². The molecule has 2 aromatic rings. The van der Waals surface area contributed by atoms with Crippen LogP contribution in [0.15, 0.2) is 53.1 Å². The summed E-state index contributed by atoms with van der Waals surface area (Å²) in [5.74, 6) is 0.517. The molecule has 0 spiro atoms. The van der Waals surface area contributed by atoms with Crippen LogP contribution in [0.4, 0.5) is 10.6 Å². The Kier molecular flexibility index (Phi) is 4.30. The van der Waals surface area contributed by atoms with E-state index >= 15 is 0 Å². The van der Waals surface area contributed by atoms with Crippen molar-refractivity contribution in [2.24, 2.45) is 0 Å². The molecule has 5 heteroatoms. The van der Waals surface area contributed by atoms with E-state index in [0.29, 0.717) is 12.4 Å². The molecule has 1 heterocycles. The Morgan fingerprint density at radius 3 is 2.61 bits per heavy atom. The topological polar surface area (TPSA) is 54.0 Å². The summed E-state index contributed by atoms with van der Waals surface area (Å²) in [6.07, 6.45) is 1.63. The van der Waals surface area contributed by atoms with Crippen molar-refractivity contribution < 1.29 is 4.79 Å². The Bertz CT molecular complexity index is 514. The van der Waals surface area contributed by atoms with E-state index in [-0.39, 0.29) is 6.03 Å². The summed E-state index contributed by atoms with van der Waals surface area (Å²) in [7, 11) is 0. The van der Waals surface area contributed by atoms with Crippen LogP contribution in [0.25, 0.3) is 0 Å². The van der Waals surface area contributed by atoms with Crippen LogP contribution >= 0.6 is 15.9 Å². The normalized spacial score (nSPS) is 9.83. The number of rotatable bonds is 3. The molecular formula is C13H12BrN3O. The third-order valence-electron chi connectivity index (χ3n) is 2.26. The fraction of sp³-hybridized carbons (Fsp3) is 0.0769. The van der Waals surface area contributed by atoms with Crippen LogP contribution in [0.1, 0.15) is 5.56 Å². The predicted octanol–water partition coefficient (Wildman–Crippen LogP) is 3.17. The number of pyridine rings is 1. The van der Waals surface area contributed by atoms with Crippen molar-refractivity contribution in [3.05, 3.63) is 58.7 Å². The van der Waals surface area contributed by atoms with Gasteiger partial charge < -0.3 is 5.32 Å². The highest BCUT2D eigenvalue weighted by atomic mass is 79.9. The summed E-state index contributed by atoms with van der Waals surface area (Å²) in [5, 5.41) is 5.42. The summed E-state index contributed by atoms with van der Waals surface area (Å²) >= 11 is 3.28. The van der Waals surface area contributed by atoms with E-state index in [1.807, 2.05) is 36.4 Å². The molecule has 0 saturated carbocycles. The second kappa shape index (κ2) is 6.16. The maximum atomic E-state index is 11.6. The summed E-state index contributed by atoms with van der Waals surface area (Å²) in [4.78, 5) is 15.7. The van der Waals surface area contributed by atoms with Crippen molar-refractivity contribution in [2.75, 3.05) is 5.32 Å². The van der Waals surface area contributed by atoms with E-state index in [9.17, 15) is 4.79 Å². The predicted molar refractivity (Wildman–Crippen MR) is 74.2 cm³/mol. The van der Waals surface area contributed by atoms with Gasteiger partial charge in [0.1, 0.15) is 5.82 Å². The average molecular weight is 306 g/mol. The maximum absolute atomic E-state index is 11.6. The summed E-state index contributed by atoms with van der Waals surface area (Å²) < 4.78 is 0.873. The van der Waals surface area contributed by atoms with Crippen LogP contribution in [0.2, 0.25) is 0 Å². The molecule has 0 aliphatic heterocycles. The molecule has 2 amide bonds. The lowest BCUT2D eigenvalue weighted by Crippen LogP contribution is -2.28. The molecule has 92 valence electrons. The fourth-order valence-electron chi connectivity index (χ4n) is 1.39. The van der Waals surface area contributed by atoms with Gasteiger partial charge in [-0.05, 0) is 33.6 Å². The summed E-state index contributed by atoms with van der Waals surface area (Å²) in [6.45, 7) is 0.489. The Hall–Kier alpha value is -1.88. The summed E-state index contributed by atoms with van der Waals surface area (Å²) in [6, 6.07) is 13.0. The monoisotopic (exact) mass is 305 g/mol. The van der Waals surface area contributed by atoms with Gasteiger partial charge in [-0.3, -0.25) is 5.32 Å². The lowest BCUT2D eigenvalue weighted by Gasteiger charge is -2.06. The van der Waals surface area contributed by atoms with Crippen LogP contribution in [-0.2, 0) is 6.54 Å². The van der Waals surface area contributed by atoms with Crippen LogP contribution in [0.3, 0.4) is 0 Å². The van der Waals surface area contributed by atoms with Gasteiger partial charge in [0.25, 0.3) is 0 Å². The van der Waals surface area contributed by atoms with Crippen LogP contribution in [0, 0.1) is 0 Å². The van der Waals surface area contributed by atoms with Gasteiger partial charge in [-0.1, -0.05) is 30.3 Å². The molecule has 0 atom stereocenters. The molecule has 0 radical (unpaired) electrons. The van der Waals surface area contributed by atoms with Crippen molar-refractivity contribution in [1.29, 1.82) is 0 Å². The molecular weight excluding hydrogens is 294 g/mol. The Morgan fingerprint density at radius 1 is 1.17 bits per heavy atom. The zero-order valence-electron chi connectivity index (χ0n) is 9.56. The van der Waals surface area contributed by atoms with Crippen molar-refractivity contribution in [3.8, 4) is 0 Å². The molecule has 0 aliphatic carbocycles. The van der Waals surface area contributed by atoms with Gasteiger partial charge in [-0.15, -0.1) is 0 Å². The molecule has 0 unspecified atom stereocenters. The molecule has 2 rings (SSSR count). The minimum atomic E-state index is -0.270. The molecule has 1 aromatic carbocycles. The smallest absolute Gasteiger partial charge is 0.320 e. The van der Waals surface area contributed by atoms with Crippen molar-refractivity contribution >= 4 is 27.8 Å². The second-order valence-corrected chi connectivity index (χ2v) is 4.57. The highest BCUT2D eigenvalue weighted by molar-refractivity contribution is 9.10. The van der Waals surface area contributed by atoms with E-state index in [1.165, 1.54) is 0 Å². The third-order valence-corrected chi connectivity index (χ3v) is 2.73. The number of halogens is 1. The van der Waals surface area contributed by atoms with E-state index in [0.717, 1.165) is 10.0 Å². The number of hydrogen-bond donors (Lipinski definition) is 2. The highest BCUT2D eigenvalue weighted by Gasteiger charge is 2.02. The Balaban J connectivity index is 1.84. The second-order valence-electron chi connectivity index (χ2n) is 3.65. The summed E-state index contributed by atoms with van der Waals surface area (Å²) in [5.41, 5.74) is 1.05. The molecule has 2 N–H and O–H groups in total. The minimum Gasteiger partial charge on any atom is -0.334 e. The lowest BCUT2D eigenvalue weighted by molar-refractivity contribution is 0.251. The standard InChI is InChI=1S/C13H12BrN3O/c14-11-6-7-12(15-9-11)17-13(18)16-8-10-4-2-1-3-5-10/h1-7,9H,8H2,(H2,15,16,17,18). The van der Waals surface area contributed by atoms with E-state index in [1.54, 1.807) is 12.3 Å². The molecule has 4 nitrogen and oxygen atoms in total. The number of anilines is 1. The Labute approximate surface area is 114 Å². The number of benzene rings is 1. The zero-order valence-corrected chi connectivity index (χ0v) is 11.1. The van der Waals surface area contributed by atoms with E-state index in [4.69, 9.17) is 0 Å². The largest absolute Gasteiger partial charge is 0.334 e. The van der Waals surface area contributed by atoms with E-state index < -0.39 is 0 Å². The number of nitrogens with one attached hydrogen (secondary N) is 2. The maximum Gasteiger partial charge on any atom is 0.320 e. The highest BCUT2D eigenvalue weighted by Crippen LogP contribution is 2.10. The molecule has 0 fully saturated rings. The number of hydrogen-bond acceptors (Lipinski definition) is 2. The van der Waals surface area contributed by atoms with Crippen LogP contribution in [-0.4, -0.2) is 11.0 Å². The first-order valence-electron chi connectivity index (χ1n) is 5.44. The molecule has 0 aliphatic rings. The Morgan fingerprint density at radius 2 is 1.94 bits per heavy atom. The van der Waals surface area contributed by atoms with Crippen LogP contribution in [0.5, 0.6) is 0 Å². The average Bonchev–Trinajstić information content (AvgIpc) is 2.40. The quantitative estimate of drug-likeness (QED) is 0.915. The lowest BCUT2D eigenvalue weighted by atomic mass is 10.2. The first kappa shape index (κ1) is 12.6. The van der Waals surface area contributed by atoms with Crippen LogP contribution < -0.4 is 10.6 Å². The van der Waals surface area contributed by atoms with Gasteiger partial charge in [-0.25, -0.2) is 9.78 Å². The van der Waals surface area contributed by atoms with Gasteiger partial charge in [-0.2, -0.15) is 0 Å². The van der Waals surface area contributed by atoms with Crippen molar-refractivity contribution in [1.82, 2.24) is 10.3 Å². The number of urea groups is 1. The molecule has 0 bridgehead atoms. The molecule has 0 saturated heterocycles. The fourth-order valence-corrected chi connectivity index (χ4v) is 1.62. The first-order chi connectivity index (χ1) is 8.74. The first-order valence-corrected chi connectivity index (χ1v) is 6.24. The number of aromatic nitrogens is 1. The van der Waals surface area contributed by atoms with Gasteiger partial charge in [0.2, 0.25) is 0 Å². The van der Waals surface area contributed by atoms with Crippen molar-refractivity contribution in [2.45, 2.75) is 6.54 Å². The molecule has 18 heavy (non-hydrogen) atoms. The minimum absolute atomic E-state index is 0.270. The number of carbonyl (C=O) groups excluding carboxylic acids is 1. The third kappa shape index (κ3) is 3.85. The van der Waals surface area contributed by atoms with Gasteiger partial charge in [0, 0.05) is 17.2 Å². The van der Waals surface area contributed by atoms with Gasteiger partial charge >= 0.3 is 6.03 Å². The van der Waals surface area contributed by atoms with E-state index in [2.05, 4.69) is 31.5 Å². The number of nitrogens with zero attached hydrogens (tertiary/aromatic N) is 1. The number of amides is 2. The molecule has 1 aromatic heterocycles. The van der Waals surface area contributed by atoms with Crippen molar-refractivity contribution in [3.63, 3.8) is 0 Å². The SMILES string of the molecule is O=C(NCc1ccccc1)Nc1ccc(Br)cn1. The zero-order chi connectivity index (χ0) is 12.8. The van der Waals surface area contributed by atoms with Gasteiger partial charge in [0.15, 0.2) is 0 Å². The number of carbonyl (C=O) groups is 1.